The molecule has 50 valence electrons. The zero-order valence-corrected chi connectivity index (χ0v) is 9.62. The Morgan fingerprint density at radius 3 is 2.00 bits per heavy atom. The van der Waals surface area contributed by atoms with Crippen LogP contribution in [0, 0.1) is 0 Å². The Hall–Kier alpha value is 1.69. The number of rotatable bonds is 3. The molecule has 0 spiro atoms. The molecule has 9 heavy (non-hydrogen) atoms. The van der Waals surface area contributed by atoms with E-state index in [2.05, 4.69) is 0 Å². The molecule has 0 radical (unpaired) electrons. The molecule has 0 aliphatic rings. The van der Waals surface area contributed by atoms with Gasteiger partial charge >= 0.3 is 51.4 Å². The molecule has 0 saturated heterocycles. The van der Waals surface area contributed by atoms with Gasteiger partial charge in [0.15, 0.2) is 0 Å². The largest absolute Gasteiger partial charge is 1.00 e. The minimum Gasteiger partial charge on any atom is -0.817 e. The van der Waals surface area contributed by atoms with E-state index < -0.39 is 8.80 Å². The van der Waals surface area contributed by atoms with E-state index >= 15 is 0 Å². The van der Waals surface area contributed by atoms with Crippen molar-refractivity contribution in [2.75, 3.05) is 6.54 Å². The molecule has 0 atom stereocenters. The van der Waals surface area contributed by atoms with Crippen LogP contribution in [0.1, 0.15) is 6.42 Å². The van der Waals surface area contributed by atoms with E-state index in [1.807, 2.05) is 0 Å². The first kappa shape index (κ1) is 13.3. The number of hydrogen-bond acceptors (Lipinski definition) is 4. The summed E-state index contributed by atoms with van der Waals surface area (Å²) in [7, 11) is -4.01. The Kier molecular flexibility index (Phi) is 9.46. The van der Waals surface area contributed by atoms with Crippen LogP contribution in [-0.2, 0) is 0 Å². The summed E-state index contributed by atoms with van der Waals surface area (Å²) < 4.78 is 0. The summed E-state index contributed by atoms with van der Waals surface area (Å²) in [4.78, 5) is 26.5. The van der Waals surface area contributed by atoms with Gasteiger partial charge in [-0.1, -0.05) is 0 Å². The maximum absolute atomic E-state index is 10.1. The number of hydrogen-bond donors (Lipinski definition) is 3. The summed E-state index contributed by atoms with van der Waals surface area (Å²) in [5.74, 6) is 0. The van der Waals surface area contributed by atoms with Crippen LogP contribution in [0.15, 0.2) is 0 Å². The van der Waals surface area contributed by atoms with Crippen molar-refractivity contribution in [2.24, 2.45) is 5.73 Å². The van der Waals surface area contributed by atoms with Crippen LogP contribution in [0.2, 0.25) is 6.04 Å². The Morgan fingerprint density at radius 2 is 1.89 bits per heavy atom. The molecule has 0 bridgehead atoms. The first-order chi connectivity index (χ1) is 3.56. The minimum absolute atomic E-state index is 0. The Labute approximate surface area is 97.9 Å². The third kappa shape index (κ3) is 12.8. The summed E-state index contributed by atoms with van der Waals surface area (Å²) in [5, 5.41) is 0. The Bertz CT molecular complexity index is 66.6. The molecule has 4 nitrogen and oxygen atoms in total. The van der Waals surface area contributed by atoms with Crippen LogP contribution < -0.4 is 61.9 Å². The zero-order valence-electron chi connectivity index (χ0n) is 5.50. The van der Waals surface area contributed by atoms with Crippen LogP contribution in [0.4, 0.5) is 0 Å². The summed E-state index contributed by atoms with van der Waals surface area (Å²) in [6.07, 6.45) is 0.405. The van der Waals surface area contributed by atoms with Gasteiger partial charge in [-0.2, -0.15) is 0 Å². The summed E-state index contributed by atoms with van der Waals surface area (Å²) in [5.41, 5.74) is 5.00. The summed E-state index contributed by atoms with van der Waals surface area (Å²) in [6.45, 7) is 0.345. The van der Waals surface area contributed by atoms with Gasteiger partial charge in [0, 0.05) is 0 Å². The molecule has 0 saturated carbocycles. The molecule has 6 heteroatoms. The van der Waals surface area contributed by atoms with Crippen LogP contribution in [0.3, 0.4) is 0 Å². The molecule has 0 aromatic carbocycles. The molecule has 0 aromatic rings. The van der Waals surface area contributed by atoms with Crippen molar-refractivity contribution in [1.82, 2.24) is 0 Å². The third-order valence-corrected chi connectivity index (χ3v) is 1.71. The average Bonchev–Trinajstić information content (AvgIpc) is 1.59. The Balaban J connectivity index is 0. The van der Waals surface area contributed by atoms with Gasteiger partial charge in [-0.05, 0) is 19.0 Å². The van der Waals surface area contributed by atoms with Crippen molar-refractivity contribution in [3.05, 3.63) is 0 Å². The van der Waals surface area contributed by atoms with Crippen molar-refractivity contribution < 1.29 is 65.8 Å². The second-order valence-electron chi connectivity index (χ2n) is 1.64. The van der Waals surface area contributed by atoms with Crippen molar-refractivity contribution >= 4 is 8.80 Å². The minimum atomic E-state index is -4.01. The van der Waals surface area contributed by atoms with Crippen LogP contribution in [-0.4, -0.2) is 24.9 Å². The molecule has 0 aliphatic carbocycles. The maximum Gasteiger partial charge on any atom is 1.00 e. The second kappa shape index (κ2) is 6.41. The van der Waals surface area contributed by atoms with E-state index in [0.717, 1.165) is 0 Å². The smallest absolute Gasteiger partial charge is 0.817 e. The van der Waals surface area contributed by atoms with E-state index in [0.29, 0.717) is 13.0 Å². The van der Waals surface area contributed by atoms with E-state index in [-0.39, 0.29) is 57.4 Å². The molecule has 0 fully saturated rings. The molecule has 4 N–H and O–H groups in total. The summed E-state index contributed by atoms with van der Waals surface area (Å²) >= 11 is 0. The zero-order chi connectivity index (χ0) is 6.62. The molecular weight excluding hydrogens is 165 g/mol. The van der Waals surface area contributed by atoms with Gasteiger partial charge < -0.3 is 20.1 Å². The van der Waals surface area contributed by atoms with Crippen molar-refractivity contribution in [1.29, 1.82) is 0 Å². The standard InChI is InChI=1S/C3H10NO3Si.K/c4-2-1-3-8(5,6)7;/h5-6H,1-4H2;/q-1;+1. The average molecular weight is 175 g/mol. The molecule has 0 aliphatic heterocycles. The molecule has 0 rings (SSSR count). The van der Waals surface area contributed by atoms with Gasteiger partial charge in [-0.25, -0.2) is 0 Å². The quantitative estimate of drug-likeness (QED) is 0.374. The molecule has 0 amide bonds. The van der Waals surface area contributed by atoms with Crippen LogP contribution >= 0.6 is 0 Å². The normalized spacial score (nSPS) is 10.7. The Morgan fingerprint density at radius 1 is 1.44 bits per heavy atom. The topological polar surface area (TPSA) is 89.5 Å². The van der Waals surface area contributed by atoms with E-state index in [1.54, 1.807) is 0 Å². The van der Waals surface area contributed by atoms with Crippen molar-refractivity contribution in [3.8, 4) is 0 Å². The second-order valence-corrected chi connectivity index (χ2v) is 3.62. The number of nitrogens with two attached hydrogens (primary N) is 1. The predicted octanol–water partition coefficient (Wildman–Crippen LogP) is -5.38. The molecular formula is C3H10KNO3Si. The third-order valence-electron chi connectivity index (χ3n) is 0.707. The van der Waals surface area contributed by atoms with Gasteiger partial charge in [0.05, 0.1) is 0 Å². The monoisotopic (exact) mass is 175 g/mol. The van der Waals surface area contributed by atoms with Crippen molar-refractivity contribution in [3.63, 3.8) is 0 Å². The van der Waals surface area contributed by atoms with Gasteiger partial charge in [0.25, 0.3) is 0 Å². The fourth-order valence-electron chi connectivity index (χ4n) is 0.332. The fraction of sp³-hybridized carbons (Fsp3) is 1.00. The molecule has 0 heterocycles. The predicted molar refractivity (Wildman–Crippen MR) is 28.7 cm³/mol. The first-order valence-corrected chi connectivity index (χ1v) is 4.42. The fourth-order valence-corrected chi connectivity index (χ4v) is 0.997. The van der Waals surface area contributed by atoms with E-state index in [4.69, 9.17) is 15.3 Å². The van der Waals surface area contributed by atoms with Gasteiger partial charge in [0.2, 0.25) is 8.80 Å². The molecule has 0 unspecified atom stereocenters. The van der Waals surface area contributed by atoms with Gasteiger partial charge in [0.1, 0.15) is 0 Å². The first-order valence-electron chi connectivity index (χ1n) is 2.41. The van der Waals surface area contributed by atoms with Crippen LogP contribution in [0.5, 0.6) is 0 Å². The van der Waals surface area contributed by atoms with Crippen LogP contribution in [0.25, 0.3) is 0 Å². The van der Waals surface area contributed by atoms with E-state index in [1.165, 1.54) is 0 Å². The molecule has 0 aromatic heterocycles. The summed E-state index contributed by atoms with van der Waals surface area (Å²) in [6, 6.07) is -0.0660. The van der Waals surface area contributed by atoms with Gasteiger partial charge in [-0.15, -0.1) is 0 Å². The maximum atomic E-state index is 10.1. The SMILES string of the molecule is NCCC[Si]([O-])(O)O.[K+]. The van der Waals surface area contributed by atoms with Gasteiger partial charge in [-0.3, -0.25) is 0 Å². The van der Waals surface area contributed by atoms with Crippen molar-refractivity contribution in [2.45, 2.75) is 12.5 Å². The van der Waals surface area contributed by atoms with E-state index in [9.17, 15) is 4.80 Å².